The van der Waals surface area contributed by atoms with Gasteiger partial charge in [0.05, 0.1) is 26.2 Å². The fraction of sp³-hybridized carbons (Fsp3) is 0.300. The van der Waals surface area contributed by atoms with Crippen molar-refractivity contribution in [2.24, 2.45) is 0 Å². The molecule has 130 valence electrons. The van der Waals surface area contributed by atoms with Crippen molar-refractivity contribution in [2.45, 2.75) is 13.5 Å². The minimum Gasteiger partial charge on any atom is -0.328 e. The van der Waals surface area contributed by atoms with Crippen LogP contribution in [0.25, 0.3) is 0 Å². The van der Waals surface area contributed by atoms with Crippen molar-refractivity contribution < 1.29 is 14.5 Å². The summed E-state index contributed by atoms with van der Waals surface area (Å²) in [5.74, 6) is -0.0512. The molecule has 1 aliphatic rings. The summed E-state index contributed by atoms with van der Waals surface area (Å²) in [6.45, 7) is 5.95. The first-order chi connectivity index (χ1) is 12.1. The van der Waals surface area contributed by atoms with Gasteiger partial charge in [0.25, 0.3) is 5.91 Å². The highest BCUT2D eigenvalue weighted by molar-refractivity contribution is 5.95. The number of benzene rings is 2. The lowest BCUT2D eigenvalue weighted by atomic mass is 10.1. The van der Waals surface area contributed by atoms with Crippen LogP contribution in [-0.2, 0) is 11.3 Å². The Bertz CT molecular complexity index is 720. The van der Waals surface area contributed by atoms with Gasteiger partial charge in [-0.15, -0.1) is 0 Å². The van der Waals surface area contributed by atoms with Gasteiger partial charge in [0.2, 0.25) is 5.91 Å². The predicted octanol–water partition coefficient (Wildman–Crippen LogP) is 1.19. The number of quaternary nitrogens is 1. The van der Waals surface area contributed by atoms with Crippen molar-refractivity contribution in [3.05, 3.63) is 65.7 Å². The van der Waals surface area contributed by atoms with Gasteiger partial charge in [0.15, 0.2) is 0 Å². The van der Waals surface area contributed by atoms with E-state index < -0.39 is 0 Å². The van der Waals surface area contributed by atoms with Crippen LogP contribution in [0.3, 0.4) is 0 Å². The van der Waals surface area contributed by atoms with Crippen LogP contribution in [0.5, 0.6) is 0 Å². The molecule has 3 rings (SSSR count). The molecule has 0 aromatic heterocycles. The number of nitrogens with one attached hydrogen (secondary N) is 2. The van der Waals surface area contributed by atoms with E-state index in [9.17, 15) is 9.59 Å². The van der Waals surface area contributed by atoms with Crippen LogP contribution in [0.2, 0.25) is 0 Å². The molecule has 0 bridgehead atoms. The highest BCUT2D eigenvalue weighted by atomic mass is 16.2. The highest BCUT2D eigenvalue weighted by Gasteiger charge is 2.24. The van der Waals surface area contributed by atoms with Gasteiger partial charge in [-0.3, -0.25) is 9.59 Å². The number of amides is 2. The first-order valence-electron chi connectivity index (χ1n) is 8.66. The van der Waals surface area contributed by atoms with E-state index in [-0.39, 0.29) is 11.8 Å². The van der Waals surface area contributed by atoms with Crippen LogP contribution in [0.4, 0.5) is 5.69 Å². The van der Waals surface area contributed by atoms with Crippen molar-refractivity contribution in [1.29, 1.82) is 0 Å². The predicted molar refractivity (Wildman–Crippen MR) is 97.5 cm³/mol. The maximum absolute atomic E-state index is 12.6. The van der Waals surface area contributed by atoms with E-state index in [2.05, 4.69) is 29.6 Å². The summed E-state index contributed by atoms with van der Waals surface area (Å²) in [7, 11) is 0. The fourth-order valence-corrected chi connectivity index (χ4v) is 3.17. The fourth-order valence-electron chi connectivity index (χ4n) is 3.17. The molecule has 0 spiro atoms. The number of rotatable bonds is 4. The average Bonchev–Trinajstić information content (AvgIpc) is 2.63. The Morgan fingerprint density at radius 1 is 1.00 bits per heavy atom. The third-order valence-corrected chi connectivity index (χ3v) is 4.51. The molecule has 1 aliphatic heterocycles. The van der Waals surface area contributed by atoms with E-state index in [0.717, 1.165) is 32.7 Å². The van der Waals surface area contributed by atoms with Gasteiger partial charge in [0, 0.05) is 23.7 Å². The third-order valence-electron chi connectivity index (χ3n) is 4.51. The maximum Gasteiger partial charge on any atom is 0.254 e. The average molecular weight is 338 g/mol. The molecule has 5 heteroatoms. The minimum absolute atomic E-state index is 0.0631. The summed E-state index contributed by atoms with van der Waals surface area (Å²) in [4.78, 5) is 27.1. The molecule has 0 unspecified atom stereocenters. The number of piperazine rings is 1. The normalized spacial score (nSPS) is 15.0. The SMILES string of the molecule is CC(=O)Nc1ccc(C(=O)N2CC[NH+](Cc3ccccc3)CC2)cc1. The number of carbonyl (C=O) groups is 2. The first kappa shape index (κ1) is 17.2. The Morgan fingerprint density at radius 2 is 1.64 bits per heavy atom. The summed E-state index contributed by atoms with van der Waals surface area (Å²) >= 11 is 0. The smallest absolute Gasteiger partial charge is 0.254 e. The minimum atomic E-state index is -0.114. The summed E-state index contributed by atoms with van der Waals surface area (Å²) in [6, 6.07) is 17.6. The van der Waals surface area contributed by atoms with Crippen molar-refractivity contribution in [1.82, 2.24) is 4.90 Å². The first-order valence-corrected chi connectivity index (χ1v) is 8.66. The summed E-state index contributed by atoms with van der Waals surface area (Å²) in [5.41, 5.74) is 2.72. The van der Waals surface area contributed by atoms with Crippen LogP contribution < -0.4 is 10.2 Å². The molecule has 2 N–H and O–H groups in total. The molecule has 0 atom stereocenters. The second kappa shape index (κ2) is 7.94. The summed E-state index contributed by atoms with van der Waals surface area (Å²) in [5, 5.41) is 2.71. The Labute approximate surface area is 148 Å². The van der Waals surface area contributed by atoms with Crippen molar-refractivity contribution >= 4 is 17.5 Å². The van der Waals surface area contributed by atoms with E-state index in [1.54, 1.807) is 24.3 Å². The molecule has 25 heavy (non-hydrogen) atoms. The number of anilines is 1. The molecule has 1 fully saturated rings. The number of hydrogen-bond donors (Lipinski definition) is 2. The van der Waals surface area contributed by atoms with Gasteiger partial charge >= 0.3 is 0 Å². The molecule has 1 saturated heterocycles. The molecule has 2 aromatic rings. The van der Waals surface area contributed by atoms with Gasteiger partial charge < -0.3 is 15.1 Å². The van der Waals surface area contributed by atoms with E-state index in [4.69, 9.17) is 0 Å². The molecule has 2 amide bonds. The van der Waals surface area contributed by atoms with Gasteiger partial charge in [-0.05, 0) is 24.3 Å². The largest absolute Gasteiger partial charge is 0.328 e. The lowest BCUT2D eigenvalue weighted by Crippen LogP contribution is -3.13. The van der Waals surface area contributed by atoms with E-state index >= 15 is 0 Å². The Balaban J connectivity index is 1.53. The summed E-state index contributed by atoms with van der Waals surface area (Å²) in [6.07, 6.45) is 0. The van der Waals surface area contributed by atoms with Crippen molar-refractivity contribution in [3.8, 4) is 0 Å². The topological polar surface area (TPSA) is 53.9 Å². The second-order valence-electron chi connectivity index (χ2n) is 6.46. The second-order valence-corrected chi connectivity index (χ2v) is 6.46. The van der Waals surface area contributed by atoms with Gasteiger partial charge in [-0.2, -0.15) is 0 Å². The Hall–Kier alpha value is -2.66. The van der Waals surface area contributed by atoms with Crippen LogP contribution in [0.1, 0.15) is 22.8 Å². The lowest BCUT2D eigenvalue weighted by Gasteiger charge is -2.32. The van der Waals surface area contributed by atoms with Crippen molar-refractivity contribution in [3.63, 3.8) is 0 Å². The molecule has 5 nitrogen and oxygen atoms in total. The highest BCUT2D eigenvalue weighted by Crippen LogP contribution is 2.12. The Kier molecular flexibility index (Phi) is 5.46. The quantitative estimate of drug-likeness (QED) is 0.880. The standard InChI is InChI=1S/C20H23N3O2/c1-16(24)21-19-9-7-18(8-10-19)20(25)23-13-11-22(12-14-23)15-17-5-3-2-4-6-17/h2-10H,11-15H2,1H3,(H,21,24)/p+1. The zero-order valence-electron chi connectivity index (χ0n) is 14.5. The maximum atomic E-state index is 12.6. The van der Waals surface area contributed by atoms with E-state index in [1.807, 2.05) is 11.0 Å². The molecule has 2 aromatic carbocycles. The zero-order valence-corrected chi connectivity index (χ0v) is 14.5. The molecule has 0 radical (unpaired) electrons. The number of nitrogens with zero attached hydrogens (tertiary/aromatic N) is 1. The van der Waals surface area contributed by atoms with Crippen LogP contribution in [0.15, 0.2) is 54.6 Å². The van der Waals surface area contributed by atoms with Crippen LogP contribution in [0, 0.1) is 0 Å². The molecule has 1 heterocycles. The number of hydrogen-bond acceptors (Lipinski definition) is 2. The van der Waals surface area contributed by atoms with Crippen molar-refractivity contribution in [2.75, 3.05) is 31.5 Å². The molecule has 0 saturated carbocycles. The monoisotopic (exact) mass is 338 g/mol. The summed E-state index contributed by atoms with van der Waals surface area (Å²) < 4.78 is 0. The third kappa shape index (κ3) is 4.67. The molecule has 0 aliphatic carbocycles. The molecular weight excluding hydrogens is 314 g/mol. The molecular formula is C20H24N3O2+. The van der Waals surface area contributed by atoms with Crippen LogP contribution in [-0.4, -0.2) is 42.9 Å². The van der Waals surface area contributed by atoms with Gasteiger partial charge in [-0.1, -0.05) is 30.3 Å². The lowest BCUT2D eigenvalue weighted by molar-refractivity contribution is -0.917. The number of carbonyl (C=O) groups excluding carboxylic acids is 2. The van der Waals surface area contributed by atoms with E-state index in [1.165, 1.54) is 17.4 Å². The van der Waals surface area contributed by atoms with Crippen LogP contribution >= 0.6 is 0 Å². The Morgan fingerprint density at radius 3 is 2.24 bits per heavy atom. The van der Waals surface area contributed by atoms with E-state index in [0.29, 0.717) is 11.3 Å². The zero-order chi connectivity index (χ0) is 17.6. The van der Waals surface area contributed by atoms with Gasteiger partial charge in [-0.25, -0.2) is 0 Å². The van der Waals surface area contributed by atoms with Gasteiger partial charge in [0.1, 0.15) is 6.54 Å².